The van der Waals surface area contributed by atoms with Crippen LogP contribution in [0.15, 0.2) is 102 Å². The summed E-state index contributed by atoms with van der Waals surface area (Å²) in [4.78, 5) is 4.72. The highest BCUT2D eigenvalue weighted by atomic mass is 16.3. The van der Waals surface area contributed by atoms with Gasteiger partial charge in [0.25, 0.3) is 0 Å². The van der Waals surface area contributed by atoms with E-state index in [1.807, 2.05) is 36.5 Å². The van der Waals surface area contributed by atoms with Crippen LogP contribution in [-0.4, -0.2) is 4.98 Å². The van der Waals surface area contributed by atoms with E-state index >= 15 is 0 Å². The summed E-state index contributed by atoms with van der Waals surface area (Å²) in [6, 6.07) is 31.1. The van der Waals surface area contributed by atoms with E-state index in [4.69, 9.17) is 9.40 Å². The number of pyridine rings is 1. The Bertz CT molecular complexity index is 1250. The quantitative estimate of drug-likeness (QED) is 0.341. The van der Waals surface area contributed by atoms with Gasteiger partial charge in [0.05, 0.1) is 5.69 Å². The Hall–Kier alpha value is -3.65. The minimum absolute atomic E-state index is 0.867. The second-order valence-electron chi connectivity index (χ2n) is 6.93. The summed E-state index contributed by atoms with van der Waals surface area (Å²) in [5.74, 6) is 0.910. The van der Waals surface area contributed by atoms with Crippen LogP contribution in [0.1, 0.15) is 5.56 Å². The molecule has 0 aliphatic carbocycles. The van der Waals surface area contributed by atoms with Gasteiger partial charge in [-0.25, -0.2) is 0 Å². The van der Waals surface area contributed by atoms with E-state index in [1.54, 1.807) is 0 Å². The van der Waals surface area contributed by atoms with E-state index < -0.39 is 0 Å². The molecule has 0 N–H and O–H groups in total. The molecule has 0 spiro atoms. The van der Waals surface area contributed by atoms with Gasteiger partial charge in [-0.1, -0.05) is 78.9 Å². The highest BCUT2D eigenvalue weighted by Crippen LogP contribution is 2.34. The maximum Gasteiger partial charge on any atom is 0.138 e. The molecular formula is C26H19NO. The highest BCUT2D eigenvalue weighted by Gasteiger charge is 2.14. The van der Waals surface area contributed by atoms with E-state index in [-0.39, 0.29) is 0 Å². The molecule has 5 rings (SSSR count). The Kier molecular flexibility index (Phi) is 4.02. The smallest absolute Gasteiger partial charge is 0.138 e. The monoisotopic (exact) mass is 361 g/mol. The Labute approximate surface area is 164 Å². The van der Waals surface area contributed by atoms with Crippen LogP contribution in [-0.2, 0) is 0 Å². The maximum absolute atomic E-state index is 6.22. The van der Waals surface area contributed by atoms with Crippen LogP contribution in [0.2, 0.25) is 0 Å². The van der Waals surface area contributed by atoms with Gasteiger partial charge < -0.3 is 4.42 Å². The van der Waals surface area contributed by atoms with Gasteiger partial charge in [-0.15, -0.1) is 0 Å². The second kappa shape index (κ2) is 6.82. The molecule has 0 saturated carbocycles. The third-order valence-electron chi connectivity index (χ3n) is 5.12. The predicted octanol–water partition coefficient (Wildman–Crippen LogP) is 7.14. The normalized spacial score (nSPS) is 11.0. The minimum atomic E-state index is 0.867. The van der Waals surface area contributed by atoms with Crippen molar-refractivity contribution in [3.63, 3.8) is 0 Å². The molecule has 5 aromatic rings. The number of rotatable bonds is 3. The van der Waals surface area contributed by atoms with E-state index in [1.165, 1.54) is 11.1 Å². The number of aromatic nitrogens is 1. The Balaban J connectivity index is 1.59. The number of aryl methyl sites for hydroxylation is 1. The fourth-order valence-corrected chi connectivity index (χ4v) is 3.62. The molecule has 2 heterocycles. The topological polar surface area (TPSA) is 26.0 Å². The van der Waals surface area contributed by atoms with Gasteiger partial charge in [0.1, 0.15) is 11.3 Å². The highest BCUT2D eigenvalue weighted by molar-refractivity contribution is 5.89. The molecule has 0 aliphatic heterocycles. The van der Waals surface area contributed by atoms with E-state index in [0.717, 1.165) is 39.1 Å². The summed E-state index contributed by atoms with van der Waals surface area (Å²) in [6.45, 7) is 2.09. The van der Waals surface area contributed by atoms with Crippen LogP contribution in [0.25, 0.3) is 44.7 Å². The van der Waals surface area contributed by atoms with Gasteiger partial charge in [0.2, 0.25) is 0 Å². The van der Waals surface area contributed by atoms with Crippen LogP contribution in [0.4, 0.5) is 0 Å². The number of fused-ring (bicyclic) bond motifs is 1. The average Bonchev–Trinajstić information content (AvgIpc) is 3.11. The summed E-state index contributed by atoms with van der Waals surface area (Å²) < 4.78 is 6.22. The van der Waals surface area contributed by atoms with E-state index in [9.17, 15) is 0 Å². The standard InChI is InChI=1S/C26H19NO/c1-18-23-17-27-24(16-25(23)28-26(18)20-11-6-3-7-12-20)22-14-8-13-21(15-22)19-9-4-2-5-10-19/h2-17H,1H3. The molecule has 0 amide bonds. The van der Waals surface area contributed by atoms with Gasteiger partial charge in [0.15, 0.2) is 0 Å². The lowest BCUT2D eigenvalue weighted by Crippen LogP contribution is -1.85. The molecule has 0 aliphatic rings. The van der Waals surface area contributed by atoms with Gasteiger partial charge in [-0.3, -0.25) is 4.98 Å². The molecule has 0 bridgehead atoms. The predicted molar refractivity (Wildman–Crippen MR) is 115 cm³/mol. The average molecular weight is 361 g/mol. The zero-order valence-electron chi connectivity index (χ0n) is 15.6. The molecule has 3 aromatic carbocycles. The second-order valence-corrected chi connectivity index (χ2v) is 6.93. The lowest BCUT2D eigenvalue weighted by Gasteiger charge is -2.05. The van der Waals surface area contributed by atoms with E-state index in [0.29, 0.717) is 0 Å². The number of furan rings is 1. The largest absolute Gasteiger partial charge is 0.456 e. The Morgan fingerprint density at radius 2 is 1.29 bits per heavy atom. The first-order valence-electron chi connectivity index (χ1n) is 9.40. The lowest BCUT2D eigenvalue weighted by molar-refractivity contribution is 0.629. The summed E-state index contributed by atoms with van der Waals surface area (Å²) >= 11 is 0. The van der Waals surface area contributed by atoms with Crippen molar-refractivity contribution in [2.45, 2.75) is 6.92 Å². The van der Waals surface area contributed by atoms with Crippen LogP contribution >= 0.6 is 0 Å². The third-order valence-corrected chi connectivity index (χ3v) is 5.12. The number of benzene rings is 3. The van der Waals surface area contributed by atoms with Crippen LogP contribution in [0, 0.1) is 6.92 Å². The van der Waals surface area contributed by atoms with Crippen LogP contribution in [0.3, 0.4) is 0 Å². The molecule has 134 valence electrons. The van der Waals surface area contributed by atoms with Crippen molar-refractivity contribution < 1.29 is 4.42 Å². The Morgan fingerprint density at radius 3 is 2.04 bits per heavy atom. The van der Waals surface area contributed by atoms with Crippen molar-refractivity contribution in [1.29, 1.82) is 0 Å². The van der Waals surface area contributed by atoms with Crippen molar-refractivity contribution >= 4 is 11.0 Å². The fourth-order valence-electron chi connectivity index (χ4n) is 3.62. The lowest BCUT2D eigenvalue weighted by atomic mass is 10.0. The molecule has 0 unspecified atom stereocenters. The first-order chi connectivity index (χ1) is 13.8. The number of hydrogen-bond donors (Lipinski definition) is 0. The van der Waals surface area contributed by atoms with Gasteiger partial charge >= 0.3 is 0 Å². The molecule has 28 heavy (non-hydrogen) atoms. The van der Waals surface area contributed by atoms with Crippen LogP contribution < -0.4 is 0 Å². The summed E-state index contributed by atoms with van der Waals surface area (Å²) in [6.07, 6.45) is 1.92. The summed E-state index contributed by atoms with van der Waals surface area (Å²) in [5, 5.41) is 1.06. The van der Waals surface area contributed by atoms with Crippen molar-refractivity contribution in [2.75, 3.05) is 0 Å². The Morgan fingerprint density at radius 1 is 0.643 bits per heavy atom. The zero-order valence-corrected chi connectivity index (χ0v) is 15.6. The molecule has 0 fully saturated rings. The van der Waals surface area contributed by atoms with Gasteiger partial charge in [-0.05, 0) is 24.1 Å². The van der Waals surface area contributed by atoms with Crippen molar-refractivity contribution in [3.05, 3.63) is 103 Å². The SMILES string of the molecule is Cc1c(-c2ccccc2)oc2cc(-c3cccc(-c4ccccc4)c3)ncc12. The van der Waals surface area contributed by atoms with Crippen LogP contribution in [0.5, 0.6) is 0 Å². The first kappa shape index (κ1) is 16.5. The molecule has 0 radical (unpaired) electrons. The summed E-state index contributed by atoms with van der Waals surface area (Å²) in [7, 11) is 0. The van der Waals surface area contributed by atoms with Crippen molar-refractivity contribution in [1.82, 2.24) is 4.98 Å². The van der Waals surface area contributed by atoms with Crippen molar-refractivity contribution in [3.8, 4) is 33.7 Å². The number of hydrogen-bond acceptors (Lipinski definition) is 2. The van der Waals surface area contributed by atoms with Gasteiger partial charge in [0, 0.05) is 34.3 Å². The fraction of sp³-hybridized carbons (Fsp3) is 0.0385. The molecule has 2 nitrogen and oxygen atoms in total. The van der Waals surface area contributed by atoms with Crippen molar-refractivity contribution in [2.24, 2.45) is 0 Å². The van der Waals surface area contributed by atoms with E-state index in [2.05, 4.69) is 67.6 Å². The summed E-state index contributed by atoms with van der Waals surface area (Å²) in [5.41, 5.74) is 7.46. The molecular weight excluding hydrogens is 342 g/mol. The maximum atomic E-state index is 6.22. The minimum Gasteiger partial charge on any atom is -0.456 e. The molecule has 2 aromatic heterocycles. The number of nitrogens with zero attached hydrogens (tertiary/aromatic N) is 1. The first-order valence-corrected chi connectivity index (χ1v) is 9.40. The molecule has 0 saturated heterocycles. The van der Waals surface area contributed by atoms with Gasteiger partial charge in [-0.2, -0.15) is 0 Å². The zero-order chi connectivity index (χ0) is 18.9. The molecule has 2 heteroatoms. The molecule has 0 atom stereocenters. The third kappa shape index (κ3) is 2.89.